The largest absolute Gasteiger partial charge is 0.316 e. The Hall–Kier alpha value is -0.880. The normalized spacial score (nSPS) is 25.2. The molecule has 1 aromatic rings. The quantitative estimate of drug-likeness (QED) is 0.852. The Labute approximate surface area is 154 Å². The molecule has 7 heteroatoms. The third kappa shape index (κ3) is 5.06. The number of carbonyl (C=O) groups is 1. The molecule has 0 aromatic carbocycles. The lowest BCUT2D eigenvalue weighted by Gasteiger charge is -2.36. The summed E-state index contributed by atoms with van der Waals surface area (Å²) in [5, 5.41) is 6.93. The van der Waals surface area contributed by atoms with Gasteiger partial charge >= 0.3 is 0 Å². The standard InChI is InChI=1S/C17H25ClN4O.ClH/c1-17(6-7-19-11-17)12-22-8-4-13(5-9-22)16(23)21-15-3-2-14(18)10-20-15;/h2-3,10,13,19H,4-9,11-12H2,1H3,(H,20,21,23);1H. The van der Waals surface area contributed by atoms with Crippen molar-refractivity contribution < 1.29 is 4.79 Å². The molecule has 1 atom stereocenters. The molecule has 2 N–H and O–H groups in total. The summed E-state index contributed by atoms with van der Waals surface area (Å²) in [6.07, 6.45) is 4.64. The highest BCUT2D eigenvalue weighted by Gasteiger charge is 2.33. The minimum Gasteiger partial charge on any atom is -0.316 e. The number of anilines is 1. The summed E-state index contributed by atoms with van der Waals surface area (Å²) in [5.74, 6) is 0.734. The van der Waals surface area contributed by atoms with Crippen LogP contribution in [0.4, 0.5) is 5.82 Å². The van der Waals surface area contributed by atoms with Gasteiger partial charge in [-0.25, -0.2) is 4.98 Å². The molecule has 2 saturated heterocycles. The van der Waals surface area contributed by atoms with Gasteiger partial charge in [-0.05, 0) is 56.4 Å². The predicted molar refractivity (Wildman–Crippen MR) is 99.9 cm³/mol. The van der Waals surface area contributed by atoms with Crippen molar-refractivity contribution in [1.82, 2.24) is 15.2 Å². The lowest BCUT2D eigenvalue weighted by atomic mass is 9.87. The number of hydrogen-bond donors (Lipinski definition) is 2. The van der Waals surface area contributed by atoms with Crippen molar-refractivity contribution in [3.05, 3.63) is 23.4 Å². The fourth-order valence-electron chi connectivity index (χ4n) is 3.57. The zero-order chi connectivity index (χ0) is 16.3. The molecule has 5 nitrogen and oxygen atoms in total. The number of halogens is 2. The number of pyridine rings is 1. The molecule has 0 saturated carbocycles. The third-order valence-corrected chi connectivity index (χ3v) is 5.22. The Morgan fingerprint density at radius 2 is 2.21 bits per heavy atom. The monoisotopic (exact) mass is 372 g/mol. The fraction of sp³-hybridized carbons (Fsp3) is 0.647. The van der Waals surface area contributed by atoms with Crippen LogP contribution >= 0.6 is 24.0 Å². The van der Waals surface area contributed by atoms with Gasteiger partial charge in [-0.1, -0.05) is 18.5 Å². The number of piperidine rings is 1. The van der Waals surface area contributed by atoms with Gasteiger partial charge in [-0.15, -0.1) is 12.4 Å². The summed E-state index contributed by atoms with van der Waals surface area (Å²) in [6, 6.07) is 3.48. The average molecular weight is 373 g/mol. The second kappa shape index (κ2) is 8.48. The minimum atomic E-state index is 0. The van der Waals surface area contributed by atoms with Gasteiger partial charge in [-0.2, -0.15) is 0 Å². The van der Waals surface area contributed by atoms with Crippen LogP contribution in [0.15, 0.2) is 18.3 Å². The second-order valence-corrected chi connectivity index (χ2v) is 7.58. The Balaban J connectivity index is 0.00000208. The summed E-state index contributed by atoms with van der Waals surface area (Å²) in [6.45, 7) is 7.73. The Bertz CT molecular complexity index is 538. The number of likely N-dealkylation sites (tertiary alicyclic amines) is 1. The lowest BCUT2D eigenvalue weighted by molar-refractivity contribution is -0.121. The first kappa shape index (κ1) is 19.4. The smallest absolute Gasteiger partial charge is 0.228 e. The van der Waals surface area contributed by atoms with Gasteiger partial charge in [0.25, 0.3) is 0 Å². The fourth-order valence-corrected chi connectivity index (χ4v) is 3.69. The zero-order valence-electron chi connectivity index (χ0n) is 14.1. The summed E-state index contributed by atoms with van der Waals surface area (Å²) < 4.78 is 0. The second-order valence-electron chi connectivity index (χ2n) is 7.14. The van der Waals surface area contributed by atoms with E-state index in [0.29, 0.717) is 16.3 Å². The maximum atomic E-state index is 12.4. The third-order valence-electron chi connectivity index (χ3n) is 5.00. The molecular formula is C17H26Cl2N4O. The molecule has 1 aromatic heterocycles. The van der Waals surface area contributed by atoms with Crippen LogP contribution in [0.25, 0.3) is 0 Å². The predicted octanol–water partition coefficient (Wildman–Crippen LogP) is 2.81. The topological polar surface area (TPSA) is 57.3 Å². The van der Waals surface area contributed by atoms with Crippen molar-refractivity contribution >= 4 is 35.7 Å². The lowest BCUT2D eigenvalue weighted by Crippen LogP contribution is -2.43. The highest BCUT2D eigenvalue weighted by Crippen LogP contribution is 2.28. The number of amides is 1. The van der Waals surface area contributed by atoms with Crippen molar-refractivity contribution in [2.24, 2.45) is 11.3 Å². The minimum absolute atomic E-state index is 0. The van der Waals surface area contributed by atoms with E-state index in [2.05, 4.69) is 27.4 Å². The van der Waals surface area contributed by atoms with E-state index in [1.54, 1.807) is 18.3 Å². The van der Waals surface area contributed by atoms with Gasteiger partial charge in [0.15, 0.2) is 0 Å². The number of rotatable bonds is 4. The van der Waals surface area contributed by atoms with E-state index in [-0.39, 0.29) is 24.2 Å². The van der Waals surface area contributed by atoms with E-state index in [0.717, 1.165) is 45.6 Å². The van der Waals surface area contributed by atoms with E-state index in [1.807, 2.05) is 0 Å². The van der Waals surface area contributed by atoms with Crippen LogP contribution in [-0.2, 0) is 4.79 Å². The first-order valence-corrected chi connectivity index (χ1v) is 8.77. The van der Waals surface area contributed by atoms with Gasteiger partial charge in [0.1, 0.15) is 5.82 Å². The van der Waals surface area contributed by atoms with Crippen LogP contribution in [0.3, 0.4) is 0 Å². The van der Waals surface area contributed by atoms with Crippen LogP contribution in [0.1, 0.15) is 26.2 Å². The van der Waals surface area contributed by atoms with Crippen LogP contribution in [-0.4, -0.2) is 48.5 Å². The highest BCUT2D eigenvalue weighted by atomic mass is 35.5. The van der Waals surface area contributed by atoms with Gasteiger partial charge in [0.05, 0.1) is 5.02 Å². The number of aromatic nitrogens is 1. The van der Waals surface area contributed by atoms with E-state index >= 15 is 0 Å². The van der Waals surface area contributed by atoms with E-state index in [4.69, 9.17) is 11.6 Å². The van der Waals surface area contributed by atoms with Gasteiger partial charge in [0, 0.05) is 25.2 Å². The van der Waals surface area contributed by atoms with Crippen LogP contribution in [0.5, 0.6) is 0 Å². The summed E-state index contributed by atoms with van der Waals surface area (Å²) >= 11 is 5.81. The Morgan fingerprint density at radius 1 is 1.46 bits per heavy atom. The zero-order valence-corrected chi connectivity index (χ0v) is 15.6. The van der Waals surface area contributed by atoms with Crippen molar-refractivity contribution in [1.29, 1.82) is 0 Å². The number of nitrogens with zero attached hydrogens (tertiary/aromatic N) is 2. The van der Waals surface area contributed by atoms with Gasteiger partial charge < -0.3 is 15.5 Å². The SMILES string of the molecule is CC1(CN2CCC(C(=O)Nc3ccc(Cl)cn3)CC2)CCNC1.Cl. The summed E-state index contributed by atoms with van der Waals surface area (Å²) in [7, 11) is 0. The molecule has 3 rings (SSSR count). The van der Waals surface area contributed by atoms with Crippen molar-refractivity contribution in [2.45, 2.75) is 26.2 Å². The van der Waals surface area contributed by atoms with Crippen molar-refractivity contribution in [3.8, 4) is 0 Å². The first-order chi connectivity index (χ1) is 11.0. The Morgan fingerprint density at radius 3 is 2.79 bits per heavy atom. The molecule has 0 radical (unpaired) electrons. The molecule has 1 amide bonds. The number of hydrogen-bond acceptors (Lipinski definition) is 4. The molecular weight excluding hydrogens is 347 g/mol. The van der Waals surface area contributed by atoms with E-state index in [9.17, 15) is 4.79 Å². The Kier molecular flexibility index (Phi) is 6.87. The molecule has 134 valence electrons. The van der Waals surface area contributed by atoms with E-state index < -0.39 is 0 Å². The van der Waals surface area contributed by atoms with Gasteiger partial charge in [-0.3, -0.25) is 4.79 Å². The van der Waals surface area contributed by atoms with Crippen LogP contribution in [0, 0.1) is 11.3 Å². The molecule has 24 heavy (non-hydrogen) atoms. The molecule has 2 fully saturated rings. The summed E-state index contributed by atoms with van der Waals surface area (Å²) in [5.41, 5.74) is 0.391. The summed E-state index contributed by atoms with van der Waals surface area (Å²) in [4.78, 5) is 19.0. The maximum absolute atomic E-state index is 12.4. The first-order valence-electron chi connectivity index (χ1n) is 8.40. The van der Waals surface area contributed by atoms with Crippen LogP contribution in [0.2, 0.25) is 5.02 Å². The molecule has 0 bridgehead atoms. The maximum Gasteiger partial charge on any atom is 0.228 e. The van der Waals surface area contributed by atoms with Gasteiger partial charge in [0.2, 0.25) is 5.91 Å². The van der Waals surface area contributed by atoms with Crippen molar-refractivity contribution in [3.63, 3.8) is 0 Å². The number of carbonyl (C=O) groups excluding carboxylic acids is 1. The molecule has 2 aliphatic rings. The molecule has 0 aliphatic carbocycles. The molecule has 3 heterocycles. The molecule has 0 spiro atoms. The van der Waals surface area contributed by atoms with Crippen LogP contribution < -0.4 is 10.6 Å². The van der Waals surface area contributed by atoms with Crippen molar-refractivity contribution in [2.75, 3.05) is 38.0 Å². The average Bonchev–Trinajstić information content (AvgIpc) is 2.96. The molecule has 1 unspecified atom stereocenters. The highest BCUT2D eigenvalue weighted by molar-refractivity contribution is 6.30. The number of nitrogens with one attached hydrogen (secondary N) is 2. The molecule has 2 aliphatic heterocycles. The van der Waals surface area contributed by atoms with E-state index in [1.165, 1.54) is 6.42 Å².